The number of phenolic OH excluding ortho intramolecular Hbond substituents is 1. The maximum atomic E-state index is 12.6. The van der Waals surface area contributed by atoms with Crippen molar-refractivity contribution in [2.75, 3.05) is 5.32 Å². The van der Waals surface area contributed by atoms with Gasteiger partial charge in [-0.25, -0.2) is 0 Å². The molecule has 0 atom stereocenters. The third kappa shape index (κ3) is 6.06. The molecule has 0 aliphatic carbocycles. The highest BCUT2D eigenvalue weighted by Crippen LogP contribution is 2.31. The number of allylic oxidation sites excluding steroid dienone is 1. The molecule has 0 radical (unpaired) electrons. The van der Waals surface area contributed by atoms with Crippen molar-refractivity contribution < 1.29 is 19.4 Å². The highest BCUT2D eigenvalue weighted by Gasteiger charge is 2.14. The molecule has 0 unspecified atom stereocenters. The molecule has 0 fully saturated rings. The lowest BCUT2D eigenvalue weighted by Gasteiger charge is -2.10. The SMILES string of the molecule is CC(=O)Nc1cc(C)cc(C(=O)/C=C/c2ccc(OCc3ccccc3)c(Br)c2)c1O. The molecule has 0 saturated carbocycles. The van der Waals surface area contributed by atoms with Crippen LogP contribution in [0, 0.1) is 6.92 Å². The van der Waals surface area contributed by atoms with E-state index in [1.165, 1.54) is 13.0 Å². The first kappa shape index (κ1) is 22.3. The van der Waals surface area contributed by atoms with Gasteiger partial charge in [-0.05, 0) is 69.9 Å². The zero-order valence-corrected chi connectivity index (χ0v) is 18.8. The minimum atomic E-state index is -0.367. The fraction of sp³-hybridized carbons (Fsp3) is 0.120. The van der Waals surface area contributed by atoms with Crippen LogP contribution < -0.4 is 10.1 Å². The van der Waals surface area contributed by atoms with Gasteiger partial charge in [0.2, 0.25) is 5.91 Å². The molecule has 0 aromatic heterocycles. The molecule has 31 heavy (non-hydrogen) atoms. The van der Waals surface area contributed by atoms with E-state index in [9.17, 15) is 14.7 Å². The summed E-state index contributed by atoms with van der Waals surface area (Å²) in [7, 11) is 0. The maximum Gasteiger partial charge on any atom is 0.221 e. The Morgan fingerprint density at radius 2 is 1.84 bits per heavy atom. The van der Waals surface area contributed by atoms with E-state index in [4.69, 9.17) is 4.74 Å². The molecule has 0 aliphatic heterocycles. The molecule has 0 spiro atoms. The minimum absolute atomic E-state index is 0.127. The first-order valence-electron chi connectivity index (χ1n) is 9.63. The number of aromatic hydroxyl groups is 1. The number of carbonyl (C=O) groups is 2. The van der Waals surface area contributed by atoms with Crippen LogP contribution in [0.25, 0.3) is 6.08 Å². The second-order valence-corrected chi connectivity index (χ2v) is 7.91. The van der Waals surface area contributed by atoms with Crippen molar-refractivity contribution in [1.29, 1.82) is 0 Å². The summed E-state index contributed by atoms with van der Waals surface area (Å²) in [4.78, 5) is 24.0. The van der Waals surface area contributed by atoms with Gasteiger partial charge < -0.3 is 15.2 Å². The van der Waals surface area contributed by atoms with E-state index in [0.717, 1.165) is 21.2 Å². The predicted molar refractivity (Wildman–Crippen MR) is 125 cm³/mol. The molecule has 2 N–H and O–H groups in total. The Hall–Kier alpha value is -3.38. The molecule has 0 aliphatic rings. The number of anilines is 1. The number of aryl methyl sites for hydroxylation is 1. The van der Waals surface area contributed by atoms with Gasteiger partial charge in [0.15, 0.2) is 5.78 Å². The normalized spacial score (nSPS) is 10.8. The fourth-order valence-corrected chi connectivity index (χ4v) is 3.50. The Morgan fingerprint density at radius 3 is 2.52 bits per heavy atom. The van der Waals surface area contributed by atoms with Gasteiger partial charge in [0.25, 0.3) is 0 Å². The van der Waals surface area contributed by atoms with Gasteiger partial charge in [0, 0.05) is 6.92 Å². The topological polar surface area (TPSA) is 75.6 Å². The van der Waals surface area contributed by atoms with Gasteiger partial charge in [-0.2, -0.15) is 0 Å². The largest absolute Gasteiger partial charge is 0.505 e. The Labute approximate surface area is 189 Å². The van der Waals surface area contributed by atoms with Crippen molar-refractivity contribution in [3.63, 3.8) is 0 Å². The Bertz CT molecular complexity index is 1140. The molecule has 0 bridgehead atoms. The van der Waals surface area contributed by atoms with Gasteiger partial charge in [0.05, 0.1) is 15.7 Å². The van der Waals surface area contributed by atoms with Crippen LogP contribution in [-0.4, -0.2) is 16.8 Å². The molecule has 3 rings (SSSR count). The Balaban J connectivity index is 1.73. The summed E-state index contributed by atoms with van der Waals surface area (Å²) in [5.74, 6) is -0.243. The molecule has 3 aromatic carbocycles. The molecular weight excluding hydrogens is 458 g/mol. The molecule has 5 nitrogen and oxygen atoms in total. The first-order valence-corrected chi connectivity index (χ1v) is 10.4. The zero-order valence-electron chi connectivity index (χ0n) is 17.2. The third-order valence-electron chi connectivity index (χ3n) is 4.45. The lowest BCUT2D eigenvalue weighted by molar-refractivity contribution is -0.114. The molecule has 1 amide bonds. The smallest absolute Gasteiger partial charge is 0.221 e. The lowest BCUT2D eigenvalue weighted by atomic mass is 10.0. The Morgan fingerprint density at radius 1 is 1.10 bits per heavy atom. The van der Waals surface area contributed by atoms with E-state index in [1.54, 1.807) is 25.1 Å². The molecule has 0 heterocycles. The number of hydrogen-bond donors (Lipinski definition) is 2. The number of carbonyl (C=O) groups excluding carboxylic acids is 2. The summed E-state index contributed by atoms with van der Waals surface area (Å²) in [6.07, 6.45) is 3.05. The molecule has 6 heteroatoms. The van der Waals surface area contributed by atoms with Gasteiger partial charge in [-0.15, -0.1) is 0 Å². The van der Waals surface area contributed by atoms with Gasteiger partial charge in [-0.1, -0.05) is 42.5 Å². The zero-order chi connectivity index (χ0) is 22.4. The quantitative estimate of drug-likeness (QED) is 0.251. The predicted octanol–water partition coefficient (Wildman–Crippen LogP) is 5.90. The molecule has 3 aromatic rings. The summed E-state index contributed by atoms with van der Waals surface area (Å²) in [5.41, 5.74) is 2.96. The van der Waals surface area contributed by atoms with E-state index >= 15 is 0 Å². The summed E-state index contributed by atoms with van der Waals surface area (Å²) >= 11 is 3.50. The second kappa shape index (κ2) is 10.1. The number of rotatable bonds is 7. The summed E-state index contributed by atoms with van der Waals surface area (Å²) in [5, 5.41) is 12.9. The van der Waals surface area contributed by atoms with E-state index in [-0.39, 0.29) is 28.7 Å². The number of ketones is 1. The van der Waals surface area contributed by atoms with E-state index in [0.29, 0.717) is 12.4 Å². The number of nitrogens with one attached hydrogen (secondary N) is 1. The second-order valence-electron chi connectivity index (χ2n) is 7.05. The molecule has 158 valence electrons. The van der Waals surface area contributed by atoms with Crippen molar-refractivity contribution in [2.45, 2.75) is 20.5 Å². The minimum Gasteiger partial charge on any atom is -0.505 e. The van der Waals surface area contributed by atoms with Crippen molar-refractivity contribution in [3.05, 3.63) is 93.5 Å². The van der Waals surface area contributed by atoms with Crippen LogP contribution >= 0.6 is 15.9 Å². The number of halogens is 1. The average Bonchev–Trinajstić information content (AvgIpc) is 2.74. The summed E-state index contributed by atoms with van der Waals surface area (Å²) in [6, 6.07) is 18.6. The van der Waals surface area contributed by atoms with Crippen molar-refractivity contribution in [1.82, 2.24) is 0 Å². The van der Waals surface area contributed by atoms with Crippen LogP contribution in [0.5, 0.6) is 11.5 Å². The van der Waals surface area contributed by atoms with Gasteiger partial charge in [0.1, 0.15) is 18.1 Å². The number of ether oxygens (including phenoxy) is 1. The lowest BCUT2D eigenvalue weighted by Crippen LogP contribution is -2.08. The van der Waals surface area contributed by atoms with Gasteiger partial charge >= 0.3 is 0 Å². The van der Waals surface area contributed by atoms with Crippen molar-refractivity contribution in [3.8, 4) is 11.5 Å². The maximum absolute atomic E-state index is 12.6. The number of phenols is 1. The van der Waals surface area contributed by atoms with Crippen LogP contribution in [0.1, 0.15) is 34.0 Å². The van der Waals surface area contributed by atoms with E-state index in [1.807, 2.05) is 48.5 Å². The fourth-order valence-electron chi connectivity index (χ4n) is 2.99. The summed E-state index contributed by atoms with van der Waals surface area (Å²) < 4.78 is 6.61. The highest BCUT2D eigenvalue weighted by molar-refractivity contribution is 9.10. The number of benzene rings is 3. The molecule has 0 saturated heterocycles. The summed E-state index contributed by atoms with van der Waals surface area (Å²) in [6.45, 7) is 3.58. The third-order valence-corrected chi connectivity index (χ3v) is 5.07. The van der Waals surface area contributed by atoms with Crippen LogP contribution in [0.3, 0.4) is 0 Å². The van der Waals surface area contributed by atoms with Crippen LogP contribution in [-0.2, 0) is 11.4 Å². The van der Waals surface area contributed by atoms with Crippen LogP contribution in [0.2, 0.25) is 0 Å². The van der Waals surface area contributed by atoms with Crippen molar-refractivity contribution in [2.24, 2.45) is 0 Å². The highest BCUT2D eigenvalue weighted by atomic mass is 79.9. The number of hydrogen-bond acceptors (Lipinski definition) is 4. The molecular formula is C25H22BrNO4. The van der Waals surface area contributed by atoms with Crippen LogP contribution in [0.4, 0.5) is 5.69 Å². The van der Waals surface area contributed by atoms with Crippen molar-refractivity contribution >= 4 is 39.4 Å². The van der Waals surface area contributed by atoms with E-state index in [2.05, 4.69) is 21.2 Å². The first-order chi connectivity index (χ1) is 14.8. The average molecular weight is 480 g/mol. The number of amides is 1. The van der Waals surface area contributed by atoms with E-state index < -0.39 is 0 Å². The standard InChI is InChI=1S/C25H22BrNO4/c1-16-12-20(25(30)22(13-16)27-17(2)28)23(29)10-8-18-9-11-24(21(26)14-18)31-15-19-6-4-3-5-7-19/h3-14,30H,15H2,1-2H3,(H,27,28)/b10-8+. The van der Waals surface area contributed by atoms with Gasteiger partial charge in [-0.3, -0.25) is 9.59 Å². The monoisotopic (exact) mass is 479 g/mol. The Kier molecular flexibility index (Phi) is 7.26. The van der Waals surface area contributed by atoms with Crippen LogP contribution in [0.15, 0.2) is 71.2 Å².